The molecule has 0 aromatic heterocycles. The first kappa shape index (κ1) is 25.9. The topological polar surface area (TPSA) is 94.2 Å². The smallest absolute Gasteiger partial charge is 0.251 e. The van der Waals surface area contributed by atoms with Gasteiger partial charge in [-0.3, -0.25) is 9.10 Å². The van der Waals surface area contributed by atoms with E-state index in [1.165, 1.54) is 10.6 Å². The van der Waals surface area contributed by atoms with Crippen molar-refractivity contribution in [3.05, 3.63) is 83.9 Å². The van der Waals surface area contributed by atoms with Crippen LogP contribution in [0.25, 0.3) is 0 Å². The van der Waals surface area contributed by atoms with Crippen molar-refractivity contribution in [2.75, 3.05) is 37.4 Å². The highest BCUT2D eigenvalue weighted by Gasteiger charge is 2.18. The standard InChI is InChI=1S/C26H30N2O6S/c1-4-33-24-11-9-22(10-12-24)28(35(3,30)31)19-20-5-7-21(8-6-20)26(29)27-17-18-34-25-15-13-23(32-2)14-16-25/h5-16H,4,17-19H2,1-3H3,(H,27,29). The Balaban J connectivity index is 1.55. The number of sulfonamides is 1. The molecule has 1 amide bonds. The van der Waals surface area contributed by atoms with Gasteiger partial charge in [-0.1, -0.05) is 12.1 Å². The molecule has 3 rings (SSSR count). The normalized spacial score (nSPS) is 10.9. The first-order valence-corrected chi connectivity index (χ1v) is 13.0. The van der Waals surface area contributed by atoms with Gasteiger partial charge in [-0.15, -0.1) is 0 Å². The average Bonchev–Trinajstić information content (AvgIpc) is 2.86. The van der Waals surface area contributed by atoms with Gasteiger partial charge in [0.2, 0.25) is 10.0 Å². The second-order valence-corrected chi connectivity index (χ2v) is 9.58. The van der Waals surface area contributed by atoms with Crippen LogP contribution in [-0.4, -0.2) is 47.4 Å². The Labute approximate surface area is 206 Å². The fourth-order valence-electron chi connectivity index (χ4n) is 3.31. The number of anilines is 1. The quantitative estimate of drug-likeness (QED) is 0.381. The number of ether oxygens (including phenoxy) is 3. The second kappa shape index (κ2) is 12.1. The fraction of sp³-hybridized carbons (Fsp3) is 0.269. The molecule has 186 valence electrons. The van der Waals surface area contributed by atoms with E-state index in [0.29, 0.717) is 42.5 Å². The molecule has 3 aromatic rings. The highest BCUT2D eigenvalue weighted by Crippen LogP contribution is 2.24. The molecule has 0 aliphatic rings. The maximum absolute atomic E-state index is 12.4. The van der Waals surface area contributed by atoms with Gasteiger partial charge in [0.15, 0.2) is 0 Å². The van der Waals surface area contributed by atoms with Crippen LogP contribution in [0.5, 0.6) is 17.2 Å². The lowest BCUT2D eigenvalue weighted by atomic mass is 10.1. The molecule has 8 nitrogen and oxygen atoms in total. The number of hydrogen-bond donors (Lipinski definition) is 1. The highest BCUT2D eigenvalue weighted by atomic mass is 32.2. The van der Waals surface area contributed by atoms with Crippen molar-refractivity contribution in [2.24, 2.45) is 0 Å². The summed E-state index contributed by atoms with van der Waals surface area (Å²) in [4.78, 5) is 12.4. The van der Waals surface area contributed by atoms with Crippen molar-refractivity contribution in [1.29, 1.82) is 0 Å². The van der Waals surface area contributed by atoms with Crippen LogP contribution < -0.4 is 23.8 Å². The van der Waals surface area contributed by atoms with Gasteiger partial charge < -0.3 is 19.5 Å². The third kappa shape index (κ3) is 7.65. The molecule has 0 bridgehead atoms. The summed E-state index contributed by atoms with van der Waals surface area (Å²) in [6, 6.07) is 20.9. The lowest BCUT2D eigenvalue weighted by molar-refractivity contribution is 0.0947. The van der Waals surface area contributed by atoms with E-state index in [9.17, 15) is 13.2 Å². The van der Waals surface area contributed by atoms with Gasteiger partial charge in [-0.2, -0.15) is 0 Å². The van der Waals surface area contributed by atoms with Crippen LogP contribution >= 0.6 is 0 Å². The molecule has 1 N–H and O–H groups in total. The van der Waals surface area contributed by atoms with Crippen LogP contribution in [0.4, 0.5) is 5.69 Å². The van der Waals surface area contributed by atoms with Gasteiger partial charge >= 0.3 is 0 Å². The largest absolute Gasteiger partial charge is 0.497 e. The van der Waals surface area contributed by atoms with E-state index in [4.69, 9.17) is 14.2 Å². The number of carbonyl (C=O) groups is 1. The van der Waals surface area contributed by atoms with Gasteiger partial charge in [-0.25, -0.2) is 8.42 Å². The molecule has 0 saturated carbocycles. The first-order chi connectivity index (χ1) is 16.8. The molecule has 0 fully saturated rings. The number of benzene rings is 3. The van der Waals surface area contributed by atoms with E-state index in [-0.39, 0.29) is 12.5 Å². The molecule has 0 atom stereocenters. The summed E-state index contributed by atoms with van der Waals surface area (Å²) < 4.78 is 42.3. The molecule has 0 aliphatic carbocycles. The first-order valence-electron chi connectivity index (χ1n) is 11.1. The average molecular weight is 499 g/mol. The van der Waals surface area contributed by atoms with E-state index in [0.717, 1.165) is 11.3 Å². The van der Waals surface area contributed by atoms with Crippen molar-refractivity contribution in [1.82, 2.24) is 5.32 Å². The third-order valence-electron chi connectivity index (χ3n) is 5.09. The lowest BCUT2D eigenvalue weighted by Crippen LogP contribution is -2.29. The molecule has 0 spiro atoms. The van der Waals surface area contributed by atoms with Crippen molar-refractivity contribution in [2.45, 2.75) is 13.5 Å². The minimum atomic E-state index is -3.52. The van der Waals surface area contributed by atoms with Crippen LogP contribution in [0.15, 0.2) is 72.8 Å². The zero-order valence-electron chi connectivity index (χ0n) is 20.1. The van der Waals surface area contributed by atoms with Gasteiger partial charge in [0.25, 0.3) is 5.91 Å². The number of hydrogen-bond acceptors (Lipinski definition) is 6. The Bertz CT molecular complexity index is 1190. The minimum absolute atomic E-state index is 0.143. The minimum Gasteiger partial charge on any atom is -0.497 e. The number of rotatable bonds is 12. The van der Waals surface area contributed by atoms with E-state index in [1.807, 2.05) is 6.92 Å². The monoisotopic (exact) mass is 498 g/mol. The summed E-state index contributed by atoms with van der Waals surface area (Å²) in [7, 11) is -1.92. The summed E-state index contributed by atoms with van der Waals surface area (Å²) >= 11 is 0. The third-order valence-corrected chi connectivity index (χ3v) is 6.23. The Morgan fingerprint density at radius 2 is 1.43 bits per heavy atom. The second-order valence-electron chi connectivity index (χ2n) is 7.67. The van der Waals surface area contributed by atoms with Gasteiger partial charge in [0.1, 0.15) is 23.9 Å². The van der Waals surface area contributed by atoms with Gasteiger partial charge in [-0.05, 0) is 73.2 Å². The van der Waals surface area contributed by atoms with Crippen LogP contribution in [0.3, 0.4) is 0 Å². The van der Waals surface area contributed by atoms with Crippen LogP contribution in [0.2, 0.25) is 0 Å². The van der Waals surface area contributed by atoms with Crippen molar-refractivity contribution < 1.29 is 27.4 Å². The molecule has 0 saturated heterocycles. The molecular weight excluding hydrogens is 468 g/mol. The molecule has 0 heterocycles. The number of nitrogens with one attached hydrogen (secondary N) is 1. The maximum Gasteiger partial charge on any atom is 0.251 e. The Kier molecular flexibility index (Phi) is 8.97. The lowest BCUT2D eigenvalue weighted by Gasteiger charge is -2.23. The van der Waals surface area contributed by atoms with Gasteiger partial charge in [0.05, 0.1) is 38.7 Å². The molecule has 9 heteroatoms. The molecular formula is C26H30N2O6S. The zero-order valence-corrected chi connectivity index (χ0v) is 20.9. The SMILES string of the molecule is CCOc1ccc(N(Cc2ccc(C(=O)NCCOc3ccc(OC)cc3)cc2)S(C)(=O)=O)cc1. The maximum atomic E-state index is 12.4. The number of amides is 1. The summed E-state index contributed by atoms with van der Waals surface area (Å²) in [5.41, 5.74) is 1.77. The number of nitrogens with zero attached hydrogens (tertiary/aromatic N) is 1. The van der Waals surface area contributed by atoms with Crippen LogP contribution in [0, 0.1) is 0 Å². The van der Waals surface area contributed by atoms with Crippen molar-refractivity contribution in [3.63, 3.8) is 0 Å². The van der Waals surface area contributed by atoms with E-state index in [2.05, 4.69) is 5.32 Å². The van der Waals surface area contributed by atoms with E-state index in [1.54, 1.807) is 79.9 Å². The summed E-state index contributed by atoms with van der Waals surface area (Å²) in [5.74, 6) is 1.87. The van der Waals surface area contributed by atoms with Crippen LogP contribution in [0.1, 0.15) is 22.8 Å². The zero-order chi connectivity index (χ0) is 25.3. The summed E-state index contributed by atoms with van der Waals surface area (Å²) in [6.07, 6.45) is 1.17. The van der Waals surface area contributed by atoms with Crippen molar-refractivity contribution in [3.8, 4) is 17.2 Å². The Morgan fingerprint density at radius 1 is 0.857 bits per heavy atom. The Morgan fingerprint density at radius 3 is 2.00 bits per heavy atom. The molecule has 3 aromatic carbocycles. The van der Waals surface area contributed by atoms with E-state index < -0.39 is 10.0 Å². The Hall–Kier alpha value is -3.72. The predicted molar refractivity (Wildman–Crippen MR) is 136 cm³/mol. The number of methoxy groups -OCH3 is 1. The molecule has 35 heavy (non-hydrogen) atoms. The molecule has 0 radical (unpaired) electrons. The highest BCUT2D eigenvalue weighted by molar-refractivity contribution is 7.92. The van der Waals surface area contributed by atoms with Crippen molar-refractivity contribution >= 4 is 21.6 Å². The predicted octanol–water partition coefficient (Wildman–Crippen LogP) is 3.87. The summed E-state index contributed by atoms with van der Waals surface area (Å²) in [6.45, 7) is 3.22. The van der Waals surface area contributed by atoms with Gasteiger partial charge in [0, 0.05) is 5.56 Å². The fourth-order valence-corrected chi connectivity index (χ4v) is 4.20. The number of carbonyl (C=O) groups excluding carboxylic acids is 1. The van der Waals surface area contributed by atoms with E-state index >= 15 is 0 Å². The van der Waals surface area contributed by atoms with Crippen LogP contribution in [-0.2, 0) is 16.6 Å². The molecule has 0 aliphatic heterocycles. The molecule has 0 unspecified atom stereocenters. The summed E-state index contributed by atoms with van der Waals surface area (Å²) in [5, 5.41) is 2.81.